The van der Waals surface area contributed by atoms with E-state index in [1.165, 1.54) is 5.56 Å². The van der Waals surface area contributed by atoms with Crippen molar-refractivity contribution >= 4 is 10.0 Å². The molecule has 0 atom stereocenters. The van der Waals surface area contributed by atoms with E-state index in [4.69, 9.17) is 0 Å². The summed E-state index contributed by atoms with van der Waals surface area (Å²) in [5, 5.41) is 0. The molecule has 108 valence electrons. The Labute approximate surface area is 117 Å². The van der Waals surface area contributed by atoms with Crippen molar-refractivity contribution < 1.29 is 8.42 Å². The molecular weight excluding hydrogens is 258 g/mol. The molecule has 3 nitrogen and oxygen atoms in total. The summed E-state index contributed by atoms with van der Waals surface area (Å²) >= 11 is 0. The maximum absolute atomic E-state index is 11.5. The van der Waals surface area contributed by atoms with Gasteiger partial charge in [-0.2, -0.15) is 0 Å². The molecule has 1 aromatic rings. The van der Waals surface area contributed by atoms with Crippen LogP contribution in [0.15, 0.2) is 12.1 Å². The fraction of sp³-hybridized carbons (Fsp3) is 0.600. The third-order valence-electron chi connectivity index (χ3n) is 3.41. The lowest BCUT2D eigenvalue weighted by Gasteiger charge is -2.22. The fourth-order valence-electron chi connectivity index (χ4n) is 1.99. The zero-order valence-electron chi connectivity index (χ0n) is 12.8. The zero-order valence-corrected chi connectivity index (χ0v) is 13.6. The third kappa shape index (κ3) is 4.32. The average Bonchev–Trinajstić information content (AvgIpc) is 2.26. The number of hydrogen-bond acceptors (Lipinski definition) is 2. The van der Waals surface area contributed by atoms with Crippen LogP contribution in [0.25, 0.3) is 0 Å². The van der Waals surface area contributed by atoms with Gasteiger partial charge in [-0.25, -0.2) is 13.1 Å². The van der Waals surface area contributed by atoms with E-state index in [2.05, 4.69) is 37.6 Å². The van der Waals surface area contributed by atoms with Gasteiger partial charge in [-0.05, 0) is 48.4 Å². The summed E-state index contributed by atoms with van der Waals surface area (Å²) in [5.74, 6) is 0.116. The summed E-state index contributed by atoms with van der Waals surface area (Å²) in [5.41, 5.74) is 4.75. The SMILES string of the molecule is CCS(=O)(=O)NCc1c(C)cc(C(C)(C)C)cc1C. The predicted molar refractivity (Wildman–Crippen MR) is 80.9 cm³/mol. The average molecular weight is 283 g/mol. The molecule has 4 heteroatoms. The fourth-order valence-corrected chi connectivity index (χ4v) is 2.56. The molecule has 0 spiro atoms. The van der Waals surface area contributed by atoms with Crippen LogP contribution in [0.3, 0.4) is 0 Å². The first-order valence-electron chi connectivity index (χ1n) is 6.65. The van der Waals surface area contributed by atoms with E-state index in [1.807, 2.05) is 13.8 Å². The monoisotopic (exact) mass is 283 g/mol. The Bertz CT molecular complexity index is 531. The quantitative estimate of drug-likeness (QED) is 0.923. The minimum atomic E-state index is -3.14. The second-order valence-corrected chi connectivity index (χ2v) is 8.16. The van der Waals surface area contributed by atoms with Crippen molar-refractivity contribution in [2.75, 3.05) is 5.75 Å². The zero-order chi connectivity index (χ0) is 14.8. The molecular formula is C15H25NO2S. The molecule has 1 N–H and O–H groups in total. The van der Waals surface area contributed by atoms with Crippen LogP contribution in [-0.4, -0.2) is 14.2 Å². The maximum Gasteiger partial charge on any atom is 0.211 e. The molecule has 0 bridgehead atoms. The molecule has 1 aromatic carbocycles. The van der Waals surface area contributed by atoms with Crippen LogP contribution in [0.5, 0.6) is 0 Å². The Morgan fingerprint density at radius 2 is 1.58 bits per heavy atom. The summed E-state index contributed by atoms with van der Waals surface area (Å²) in [6.45, 7) is 12.6. The Hall–Kier alpha value is -0.870. The molecule has 19 heavy (non-hydrogen) atoms. The smallest absolute Gasteiger partial charge is 0.211 e. The Morgan fingerprint density at radius 1 is 1.11 bits per heavy atom. The van der Waals surface area contributed by atoms with E-state index in [0.29, 0.717) is 6.54 Å². The highest BCUT2D eigenvalue weighted by Gasteiger charge is 2.17. The van der Waals surface area contributed by atoms with Gasteiger partial charge in [-0.1, -0.05) is 32.9 Å². The second kappa shape index (κ2) is 5.63. The Balaban J connectivity index is 3.05. The molecule has 0 aliphatic heterocycles. The van der Waals surface area contributed by atoms with E-state index in [1.54, 1.807) is 6.92 Å². The van der Waals surface area contributed by atoms with Crippen molar-refractivity contribution in [3.8, 4) is 0 Å². The van der Waals surface area contributed by atoms with Crippen molar-refractivity contribution in [1.82, 2.24) is 4.72 Å². The minimum Gasteiger partial charge on any atom is -0.212 e. The Morgan fingerprint density at radius 3 is 1.95 bits per heavy atom. The highest BCUT2D eigenvalue weighted by molar-refractivity contribution is 7.89. The van der Waals surface area contributed by atoms with Gasteiger partial charge < -0.3 is 0 Å². The van der Waals surface area contributed by atoms with Crippen LogP contribution in [0, 0.1) is 13.8 Å². The van der Waals surface area contributed by atoms with Crippen LogP contribution >= 0.6 is 0 Å². The topological polar surface area (TPSA) is 46.2 Å². The number of benzene rings is 1. The van der Waals surface area contributed by atoms with Crippen LogP contribution < -0.4 is 4.72 Å². The predicted octanol–water partition coefficient (Wildman–Crippen LogP) is 3.04. The first-order valence-corrected chi connectivity index (χ1v) is 8.30. The summed E-state index contributed by atoms with van der Waals surface area (Å²) in [6.07, 6.45) is 0. The molecule has 0 saturated heterocycles. The summed E-state index contributed by atoms with van der Waals surface area (Å²) in [4.78, 5) is 0. The van der Waals surface area contributed by atoms with Gasteiger partial charge in [0.1, 0.15) is 0 Å². The van der Waals surface area contributed by atoms with Crippen molar-refractivity contribution in [2.45, 2.75) is 53.5 Å². The lowest BCUT2D eigenvalue weighted by molar-refractivity contribution is 0.580. The van der Waals surface area contributed by atoms with Gasteiger partial charge in [0.05, 0.1) is 5.75 Å². The number of sulfonamides is 1. The van der Waals surface area contributed by atoms with E-state index >= 15 is 0 Å². The molecule has 0 aromatic heterocycles. The lowest BCUT2D eigenvalue weighted by Crippen LogP contribution is -2.25. The van der Waals surface area contributed by atoms with E-state index in [-0.39, 0.29) is 11.2 Å². The summed E-state index contributed by atoms with van der Waals surface area (Å²) in [6, 6.07) is 4.31. The number of nitrogens with one attached hydrogen (secondary N) is 1. The van der Waals surface area contributed by atoms with Gasteiger partial charge in [0.2, 0.25) is 10.0 Å². The highest BCUT2D eigenvalue weighted by atomic mass is 32.2. The molecule has 0 aliphatic rings. The second-order valence-electron chi connectivity index (χ2n) is 6.06. The first-order chi connectivity index (χ1) is 8.57. The van der Waals surface area contributed by atoms with Gasteiger partial charge in [-0.3, -0.25) is 0 Å². The van der Waals surface area contributed by atoms with Crippen molar-refractivity contribution in [2.24, 2.45) is 0 Å². The number of hydrogen-bond donors (Lipinski definition) is 1. The van der Waals surface area contributed by atoms with Gasteiger partial charge in [0.25, 0.3) is 0 Å². The van der Waals surface area contributed by atoms with Crippen molar-refractivity contribution in [1.29, 1.82) is 0 Å². The third-order valence-corrected chi connectivity index (χ3v) is 4.76. The first kappa shape index (κ1) is 16.2. The molecule has 0 amide bonds. The van der Waals surface area contributed by atoms with Gasteiger partial charge in [0, 0.05) is 6.54 Å². The molecule has 0 saturated carbocycles. The maximum atomic E-state index is 11.5. The van der Waals surface area contributed by atoms with Gasteiger partial charge >= 0.3 is 0 Å². The van der Waals surface area contributed by atoms with E-state index in [9.17, 15) is 8.42 Å². The molecule has 0 fully saturated rings. The molecule has 1 rings (SSSR count). The van der Waals surface area contributed by atoms with Crippen LogP contribution in [0.1, 0.15) is 49.9 Å². The van der Waals surface area contributed by atoms with Crippen LogP contribution in [0.2, 0.25) is 0 Å². The van der Waals surface area contributed by atoms with Gasteiger partial charge in [-0.15, -0.1) is 0 Å². The molecule has 0 radical (unpaired) electrons. The number of rotatable bonds is 4. The lowest BCUT2D eigenvalue weighted by atomic mass is 9.84. The minimum absolute atomic E-state index is 0.108. The number of aryl methyl sites for hydroxylation is 2. The molecule has 0 heterocycles. The highest BCUT2D eigenvalue weighted by Crippen LogP contribution is 2.26. The van der Waals surface area contributed by atoms with Crippen molar-refractivity contribution in [3.05, 3.63) is 34.4 Å². The normalized spacial score (nSPS) is 12.7. The van der Waals surface area contributed by atoms with Crippen molar-refractivity contribution in [3.63, 3.8) is 0 Å². The van der Waals surface area contributed by atoms with E-state index < -0.39 is 10.0 Å². The Kier molecular flexibility index (Phi) is 4.80. The van der Waals surface area contributed by atoms with E-state index in [0.717, 1.165) is 16.7 Å². The summed E-state index contributed by atoms with van der Waals surface area (Å²) in [7, 11) is -3.14. The largest absolute Gasteiger partial charge is 0.212 e. The molecule has 0 unspecified atom stereocenters. The van der Waals surface area contributed by atoms with Gasteiger partial charge in [0.15, 0.2) is 0 Å². The standard InChI is InChI=1S/C15H25NO2S/c1-7-19(17,18)16-10-14-11(2)8-13(9-12(14)3)15(4,5)6/h8-9,16H,7,10H2,1-6H3. The molecule has 0 aliphatic carbocycles. The van der Waals surface area contributed by atoms with Crippen LogP contribution in [0.4, 0.5) is 0 Å². The summed E-state index contributed by atoms with van der Waals surface area (Å²) < 4.78 is 25.7. The van der Waals surface area contributed by atoms with Crippen LogP contribution in [-0.2, 0) is 22.0 Å².